The minimum Gasteiger partial charge on any atom is -0.225 e. The quantitative estimate of drug-likeness (QED) is 0.259. The molecule has 0 aliphatic heterocycles. The molecule has 0 rings (SSSR count). The lowest BCUT2D eigenvalue weighted by atomic mass is 11.7. The SMILES string of the molecule is CSCOOCSC. The van der Waals surface area contributed by atoms with Gasteiger partial charge in [-0.15, -0.1) is 23.5 Å². The van der Waals surface area contributed by atoms with Gasteiger partial charge >= 0.3 is 0 Å². The Balaban J connectivity index is 2.53. The molecule has 0 saturated carbocycles. The van der Waals surface area contributed by atoms with Crippen LogP contribution in [0.25, 0.3) is 0 Å². The highest BCUT2D eigenvalue weighted by molar-refractivity contribution is 7.98. The molecule has 4 heteroatoms. The normalized spacial score (nSPS) is 9.75. The van der Waals surface area contributed by atoms with E-state index in [4.69, 9.17) is 0 Å². The molecule has 0 amide bonds. The van der Waals surface area contributed by atoms with E-state index in [1.165, 1.54) is 0 Å². The van der Waals surface area contributed by atoms with E-state index in [1.807, 2.05) is 12.5 Å². The molecule has 0 heterocycles. The molecule has 0 aliphatic rings. The van der Waals surface area contributed by atoms with Crippen molar-refractivity contribution in [1.29, 1.82) is 0 Å². The number of thioether (sulfide) groups is 2. The number of hydrogen-bond donors (Lipinski definition) is 0. The second-order valence-corrected chi connectivity index (χ2v) is 2.67. The van der Waals surface area contributed by atoms with Crippen LogP contribution in [0.4, 0.5) is 0 Å². The standard InChI is InChI=1S/C4H10O2S2/c1-7-3-5-6-4-8-2/h3-4H2,1-2H3. The van der Waals surface area contributed by atoms with Crippen LogP contribution in [0.1, 0.15) is 0 Å². The third-order valence-electron chi connectivity index (χ3n) is 0.415. The Hall–Kier alpha value is 0.620. The summed E-state index contributed by atoms with van der Waals surface area (Å²) in [6.07, 6.45) is 3.92. The van der Waals surface area contributed by atoms with Gasteiger partial charge < -0.3 is 0 Å². The second kappa shape index (κ2) is 7.62. The van der Waals surface area contributed by atoms with E-state index < -0.39 is 0 Å². The minimum atomic E-state index is 0.612. The molecule has 0 spiro atoms. The van der Waals surface area contributed by atoms with Crippen LogP contribution in [0.15, 0.2) is 0 Å². The maximum Gasteiger partial charge on any atom is 0.127 e. The molecule has 0 radical (unpaired) electrons. The second-order valence-electron chi connectivity index (χ2n) is 1.05. The third-order valence-corrected chi connectivity index (χ3v) is 1.08. The number of rotatable bonds is 5. The van der Waals surface area contributed by atoms with Crippen LogP contribution in [0.3, 0.4) is 0 Å². The molecule has 0 atom stereocenters. The van der Waals surface area contributed by atoms with Gasteiger partial charge in [0.1, 0.15) is 11.9 Å². The summed E-state index contributed by atoms with van der Waals surface area (Å²) in [6.45, 7) is 0. The van der Waals surface area contributed by atoms with Crippen molar-refractivity contribution in [2.24, 2.45) is 0 Å². The lowest BCUT2D eigenvalue weighted by Crippen LogP contribution is -1.91. The minimum absolute atomic E-state index is 0.612. The van der Waals surface area contributed by atoms with Crippen LogP contribution in [-0.2, 0) is 9.78 Å². The predicted octanol–water partition coefficient (Wildman–Crippen LogP) is 1.58. The molecule has 2 nitrogen and oxygen atoms in total. The summed E-state index contributed by atoms with van der Waals surface area (Å²) in [5, 5.41) is 0. The first-order chi connectivity index (χ1) is 3.91. The molecule has 50 valence electrons. The molecule has 0 saturated heterocycles. The maximum atomic E-state index is 4.67. The zero-order chi connectivity index (χ0) is 6.24. The van der Waals surface area contributed by atoms with E-state index in [-0.39, 0.29) is 0 Å². The smallest absolute Gasteiger partial charge is 0.127 e. The van der Waals surface area contributed by atoms with Crippen molar-refractivity contribution in [3.05, 3.63) is 0 Å². The lowest BCUT2D eigenvalue weighted by molar-refractivity contribution is -0.261. The van der Waals surface area contributed by atoms with Crippen molar-refractivity contribution < 1.29 is 9.78 Å². The van der Waals surface area contributed by atoms with Gasteiger partial charge in [0.05, 0.1) is 0 Å². The molecule has 0 aliphatic carbocycles. The molecular formula is C4H10O2S2. The number of hydrogen-bond acceptors (Lipinski definition) is 4. The van der Waals surface area contributed by atoms with Crippen LogP contribution in [-0.4, -0.2) is 24.4 Å². The maximum absolute atomic E-state index is 4.67. The Bertz CT molecular complexity index is 37.0. The van der Waals surface area contributed by atoms with Gasteiger partial charge in [0.2, 0.25) is 0 Å². The van der Waals surface area contributed by atoms with Crippen molar-refractivity contribution in [1.82, 2.24) is 0 Å². The third kappa shape index (κ3) is 6.62. The van der Waals surface area contributed by atoms with Gasteiger partial charge in [-0.3, -0.25) is 0 Å². The van der Waals surface area contributed by atoms with Crippen LogP contribution < -0.4 is 0 Å². The highest BCUT2D eigenvalue weighted by atomic mass is 32.2. The highest BCUT2D eigenvalue weighted by Crippen LogP contribution is 1.96. The van der Waals surface area contributed by atoms with Crippen LogP contribution in [0, 0.1) is 0 Å². The molecule has 0 aromatic carbocycles. The Morgan fingerprint density at radius 1 is 1.00 bits per heavy atom. The largest absolute Gasteiger partial charge is 0.225 e. The molecule has 0 aromatic rings. The predicted molar refractivity (Wildman–Crippen MR) is 38.9 cm³/mol. The van der Waals surface area contributed by atoms with E-state index in [1.54, 1.807) is 23.5 Å². The molecule has 0 unspecified atom stereocenters. The Labute approximate surface area is 58.2 Å². The first kappa shape index (κ1) is 8.62. The molecule has 0 aromatic heterocycles. The van der Waals surface area contributed by atoms with Crippen molar-refractivity contribution in [2.45, 2.75) is 0 Å². The molecule has 0 fully saturated rings. The van der Waals surface area contributed by atoms with Crippen molar-refractivity contribution in [3.8, 4) is 0 Å². The topological polar surface area (TPSA) is 18.5 Å². The van der Waals surface area contributed by atoms with Gasteiger partial charge in [0.25, 0.3) is 0 Å². The molecule has 0 N–H and O–H groups in total. The van der Waals surface area contributed by atoms with Crippen LogP contribution in [0.2, 0.25) is 0 Å². The van der Waals surface area contributed by atoms with Crippen molar-refractivity contribution in [3.63, 3.8) is 0 Å². The first-order valence-corrected chi connectivity index (χ1v) is 4.93. The van der Waals surface area contributed by atoms with E-state index in [0.717, 1.165) is 0 Å². The van der Waals surface area contributed by atoms with Gasteiger partial charge in [0.15, 0.2) is 0 Å². The van der Waals surface area contributed by atoms with E-state index in [2.05, 4.69) is 9.78 Å². The van der Waals surface area contributed by atoms with Crippen molar-refractivity contribution in [2.75, 3.05) is 24.4 Å². The van der Waals surface area contributed by atoms with Gasteiger partial charge in [0, 0.05) is 0 Å². The average Bonchev–Trinajstić information content (AvgIpc) is 1.81. The summed E-state index contributed by atoms with van der Waals surface area (Å²) in [7, 11) is 0. The van der Waals surface area contributed by atoms with Gasteiger partial charge in [-0.05, 0) is 12.5 Å². The highest BCUT2D eigenvalue weighted by Gasteiger charge is 1.81. The summed E-state index contributed by atoms with van der Waals surface area (Å²) >= 11 is 3.19. The fourth-order valence-electron chi connectivity index (χ4n) is 0.164. The monoisotopic (exact) mass is 154 g/mol. The van der Waals surface area contributed by atoms with E-state index in [0.29, 0.717) is 11.9 Å². The summed E-state index contributed by atoms with van der Waals surface area (Å²) in [5.41, 5.74) is 0. The Morgan fingerprint density at radius 3 is 1.62 bits per heavy atom. The molecule has 8 heavy (non-hydrogen) atoms. The zero-order valence-electron chi connectivity index (χ0n) is 5.05. The van der Waals surface area contributed by atoms with Crippen molar-refractivity contribution >= 4 is 23.5 Å². The summed E-state index contributed by atoms with van der Waals surface area (Å²) in [4.78, 5) is 9.33. The van der Waals surface area contributed by atoms with Gasteiger partial charge in [-0.2, -0.15) is 0 Å². The van der Waals surface area contributed by atoms with Gasteiger partial charge in [-0.25, -0.2) is 9.78 Å². The first-order valence-electron chi connectivity index (χ1n) is 2.14. The zero-order valence-corrected chi connectivity index (χ0v) is 6.68. The van der Waals surface area contributed by atoms with Crippen LogP contribution >= 0.6 is 23.5 Å². The Kier molecular flexibility index (Phi) is 8.21. The Morgan fingerprint density at radius 2 is 1.38 bits per heavy atom. The summed E-state index contributed by atoms with van der Waals surface area (Å²) in [5.74, 6) is 1.22. The van der Waals surface area contributed by atoms with E-state index in [9.17, 15) is 0 Å². The van der Waals surface area contributed by atoms with Crippen LogP contribution in [0.5, 0.6) is 0 Å². The fraction of sp³-hybridized carbons (Fsp3) is 1.00. The summed E-state index contributed by atoms with van der Waals surface area (Å²) < 4.78 is 0. The van der Waals surface area contributed by atoms with E-state index >= 15 is 0 Å². The average molecular weight is 154 g/mol. The fourth-order valence-corrected chi connectivity index (χ4v) is 0.493. The summed E-state index contributed by atoms with van der Waals surface area (Å²) in [6, 6.07) is 0. The van der Waals surface area contributed by atoms with Gasteiger partial charge in [-0.1, -0.05) is 0 Å². The molecule has 0 bridgehead atoms. The lowest BCUT2D eigenvalue weighted by Gasteiger charge is -1.97. The molecular weight excluding hydrogens is 144 g/mol.